The molecule has 2 aromatic carbocycles. The molecule has 0 bridgehead atoms. The first-order chi connectivity index (χ1) is 14.3. The molecule has 0 radical (unpaired) electrons. The van der Waals surface area contributed by atoms with Gasteiger partial charge in [0.1, 0.15) is 0 Å². The van der Waals surface area contributed by atoms with Gasteiger partial charge in [0.25, 0.3) is 11.6 Å². The van der Waals surface area contributed by atoms with Crippen LogP contribution in [0.3, 0.4) is 0 Å². The second-order valence-corrected chi connectivity index (χ2v) is 6.52. The molecule has 0 aliphatic carbocycles. The van der Waals surface area contributed by atoms with Crippen LogP contribution in [0.4, 0.5) is 17.1 Å². The summed E-state index contributed by atoms with van der Waals surface area (Å²) >= 11 is 0. The number of aryl methyl sites for hydroxylation is 2. The van der Waals surface area contributed by atoms with E-state index in [9.17, 15) is 19.7 Å². The summed E-state index contributed by atoms with van der Waals surface area (Å²) in [5.41, 5.74) is 3.53. The van der Waals surface area contributed by atoms with E-state index in [1.807, 2.05) is 6.92 Å². The molecule has 30 heavy (non-hydrogen) atoms. The SMILES string of the molecule is Cc1n[nH]c(C)c1NC(=O)c1ccc(NC(=O)/C=C/c2cccc([N+](=O)[O-])c2)cc1. The lowest BCUT2D eigenvalue weighted by atomic mass is 10.1. The third kappa shape index (κ3) is 4.96. The van der Waals surface area contributed by atoms with Crippen LogP contribution in [0.2, 0.25) is 0 Å². The zero-order chi connectivity index (χ0) is 21.7. The number of amides is 2. The standard InChI is InChI=1S/C21H19N5O4/c1-13-20(14(2)25-24-13)23-21(28)16-7-9-17(10-8-16)22-19(27)11-6-15-4-3-5-18(12-15)26(29)30/h3-12H,1-2H3,(H,22,27)(H,23,28)(H,24,25)/b11-6+. The van der Waals surface area contributed by atoms with Crippen LogP contribution in [0.1, 0.15) is 27.3 Å². The van der Waals surface area contributed by atoms with Crippen LogP contribution in [0, 0.1) is 24.0 Å². The molecular formula is C21H19N5O4. The van der Waals surface area contributed by atoms with Gasteiger partial charge in [0.15, 0.2) is 0 Å². The average Bonchev–Trinajstić information content (AvgIpc) is 3.05. The Balaban J connectivity index is 1.61. The lowest BCUT2D eigenvalue weighted by molar-refractivity contribution is -0.384. The molecule has 9 heteroatoms. The highest BCUT2D eigenvalue weighted by Crippen LogP contribution is 2.18. The predicted molar refractivity (Wildman–Crippen MR) is 113 cm³/mol. The first kappa shape index (κ1) is 20.5. The maximum absolute atomic E-state index is 12.4. The van der Waals surface area contributed by atoms with E-state index in [1.165, 1.54) is 24.3 Å². The summed E-state index contributed by atoms with van der Waals surface area (Å²) in [6.45, 7) is 3.61. The minimum Gasteiger partial charge on any atom is -0.323 e. The normalized spacial score (nSPS) is 10.7. The second kappa shape index (κ2) is 8.82. The fraction of sp³-hybridized carbons (Fsp3) is 0.0952. The number of carbonyl (C=O) groups is 2. The van der Waals surface area contributed by atoms with Crippen molar-refractivity contribution in [3.63, 3.8) is 0 Å². The molecule has 0 saturated carbocycles. The third-order valence-corrected chi connectivity index (χ3v) is 4.29. The second-order valence-electron chi connectivity index (χ2n) is 6.52. The van der Waals surface area contributed by atoms with Crippen molar-refractivity contribution < 1.29 is 14.5 Å². The van der Waals surface area contributed by atoms with Gasteiger partial charge in [0, 0.05) is 29.5 Å². The van der Waals surface area contributed by atoms with Gasteiger partial charge in [-0.1, -0.05) is 12.1 Å². The highest BCUT2D eigenvalue weighted by molar-refractivity contribution is 6.06. The van der Waals surface area contributed by atoms with Crippen LogP contribution in [0.5, 0.6) is 0 Å². The maximum Gasteiger partial charge on any atom is 0.270 e. The minimum atomic E-state index is -0.496. The molecule has 0 unspecified atom stereocenters. The molecule has 0 aliphatic rings. The fourth-order valence-corrected chi connectivity index (χ4v) is 2.72. The van der Waals surface area contributed by atoms with Gasteiger partial charge in [-0.2, -0.15) is 5.10 Å². The Kier molecular flexibility index (Phi) is 6.02. The largest absolute Gasteiger partial charge is 0.323 e. The Hall–Kier alpha value is -4.27. The summed E-state index contributed by atoms with van der Waals surface area (Å²) in [5, 5.41) is 23.1. The zero-order valence-electron chi connectivity index (χ0n) is 16.3. The number of non-ortho nitro benzene ring substituents is 1. The number of carbonyl (C=O) groups excluding carboxylic acids is 2. The highest BCUT2D eigenvalue weighted by Gasteiger charge is 2.12. The summed E-state index contributed by atoms with van der Waals surface area (Å²) in [6, 6.07) is 12.4. The summed E-state index contributed by atoms with van der Waals surface area (Å²) < 4.78 is 0. The van der Waals surface area contributed by atoms with Crippen molar-refractivity contribution in [3.8, 4) is 0 Å². The first-order valence-corrected chi connectivity index (χ1v) is 9.00. The van der Waals surface area contributed by atoms with Crippen molar-refractivity contribution in [2.45, 2.75) is 13.8 Å². The van der Waals surface area contributed by atoms with Gasteiger partial charge in [-0.05, 0) is 49.8 Å². The van der Waals surface area contributed by atoms with Crippen LogP contribution < -0.4 is 10.6 Å². The van der Waals surface area contributed by atoms with Gasteiger partial charge in [-0.15, -0.1) is 0 Å². The Morgan fingerprint density at radius 1 is 1.10 bits per heavy atom. The topological polar surface area (TPSA) is 130 Å². The number of aromatic amines is 1. The van der Waals surface area contributed by atoms with Crippen LogP contribution in [-0.4, -0.2) is 26.9 Å². The van der Waals surface area contributed by atoms with E-state index in [0.717, 1.165) is 5.69 Å². The Labute approximate surface area is 172 Å². The van der Waals surface area contributed by atoms with E-state index in [2.05, 4.69) is 20.8 Å². The Bertz CT molecular complexity index is 1110. The van der Waals surface area contributed by atoms with Crippen LogP contribution >= 0.6 is 0 Å². The number of hydrogen-bond acceptors (Lipinski definition) is 5. The van der Waals surface area contributed by atoms with Gasteiger partial charge in [0.2, 0.25) is 5.91 Å². The summed E-state index contributed by atoms with van der Waals surface area (Å²) in [6.07, 6.45) is 2.77. The van der Waals surface area contributed by atoms with Crippen LogP contribution in [0.25, 0.3) is 6.08 Å². The number of nitrogens with zero attached hydrogens (tertiary/aromatic N) is 2. The summed E-state index contributed by atoms with van der Waals surface area (Å²) in [5.74, 6) is -0.686. The number of aromatic nitrogens is 2. The maximum atomic E-state index is 12.4. The molecule has 9 nitrogen and oxygen atoms in total. The minimum absolute atomic E-state index is 0.0489. The molecule has 2 amide bonds. The molecule has 0 atom stereocenters. The number of hydrogen-bond donors (Lipinski definition) is 3. The number of anilines is 2. The van der Waals surface area contributed by atoms with E-state index >= 15 is 0 Å². The molecule has 3 aromatic rings. The molecule has 0 spiro atoms. The molecule has 0 saturated heterocycles. The third-order valence-electron chi connectivity index (χ3n) is 4.29. The number of benzene rings is 2. The van der Waals surface area contributed by atoms with Gasteiger partial charge >= 0.3 is 0 Å². The van der Waals surface area contributed by atoms with Gasteiger partial charge in [0.05, 0.1) is 22.0 Å². The van der Waals surface area contributed by atoms with E-state index in [4.69, 9.17) is 0 Å². The van der Waals surface area contributed by atoms with Crippen molar-refractivity contribution in [1.29, 1.82) is 0 Å². The molecule has 152 valence electrons. The van der Waals surface area contributed by atoms with E-state index in [-0.39, 0.29) is 11.6 Å². The first-order valence-electron chi connectivity index (χ1n) is 9.00. The van der Waals surface area contributed by atoms with E-state index < -0.39 is 10.8 Å². The lowest BCUT2D eigenvalue weighted by Gasteiger charge is -2.07. The highest BCUT2D eigenvalue weighted by atomic mass is 16.6. The molecular weight excluding hydrogens is 386 g/mol. The molecule has 0 fully saturated rings. The van der Waals surface area contributed by atoms with Crippen molar-refractivity contribution in [3.05, 3.63) is 87.2 Å². The van der Waals surface area contributed by atoms with Crippen LogP contribution in [-0.2, 0) is 4.79 Å². The van der Waals surface area contributed by atoms with E-state index in [1.54, 1.807) is 43.3 Å². The molecule has 1 aromatic heterocycles. The molecule has 3 N–H and O–H groups in total. The Morgan fingerprint density at radius 3 is 2.47 bits per heavy atom. The number of nitrogens with one attached hydrogen (secondary N) is 3. The molecule has 0 aliphatic heterocycles. The summed E-state index contributed by atoms with van der Waals surface area (Å²) in [7, 11) is 0. The van der Waals surface area contributed by atoms with Crippen molar-refractivity contribution in [1.82, 2.24) is 10.2 Å². The number of nitro groups is 1. The smallest absolute Gasteiger partial charge is 0.270 e. The molecule has 3 rings (SSSR count). The van der Waals surface area contributed by atoms with Crippen LogP contribution in [0.15, 0.2) is 54.6 Å². The number of rotatable bonds is 6. The summed E-state index contributed by atoms with van der Waals surface area (Å²) in [4.78, 5) is 34.8. The average molecular weight is 405 g/mol. The zero-order valence-corrected chi connectivity index (χ0v) is 16.3. The van der Waals surface area contributed by atoms with Gasteiger partial charge in [-0.25, -0.2) is 0 Å². The van der Waals surface area contributed by atoms with E-state index in [0.29, 0.717) is 28.2 Å². The monoisotopic (exact) mass is 405 g/mol. The fourth-order valence-electron chi connectivity index (χ4n) is 2.72. The quantitative estimate of drug-likeness (QED) is 0.326. The molecule has 1 heterocycles. The van der Waals surface area contributed by atoms with Crippen molar-refractivity contribution in [2.75, 3.05) is 10.6 Å². The van der Waals surface area contributed by atoms with Gasteiger partial charge in [-0.3, -0.25) is 24.8 Å². The van der Waals surface area contributed by atoms with Gasteiger partial charge < -0.3 is 10.6 Å². The Morgan fingerprint density at radius 2 is 1.83 bits per heavy atom. The number of nitro benzene ring substituents is 1. The lowest BCUT2D eigenvalue weighted by Crippen LogP contribution is -2.13. The van der Waals surface area contributed by atoms with Crippen molar-refractivity contribution >= 4 is 35.0 Å². The number of H-pyrrole nitrogens is 1. The van der Waals surface area contributed by atoms with Crippen molar-refractivity contribution in [2.24, 2.45) is 0 Å². The predicted octanol–water partition coefficient (Wildman–Crippen LogP) is 3.84.